The fraction of sp³-hybridized carbons (Fsp3) is 0.222. The lowest BCUT2D eigenvalue weighted by Crippen LogP contribution is -2.11. The fourth-order valence-corrected chi connectivity index (χ4v) is 0.875. The first-order chi connectivity index (χ1) is 6.13. The molecule has 0 unspecified atom stereocenters. The molecule has 1 aromatic carbocycles. The van der Waals surface area contributed by atoms with Crippen molar-refractivity contribution >= 4 is 17.3 Å². The molecule has 0 bridgehead atoms. The van der Waals surface area contributed by atoms with Crippen molar-refractivity contribution < 1.29 is 9.18 Å². The molecule has 0 aliphatic carbocycles. The summed E-state index contributed by atoms with van der Waals surface area (Å²) in [7, 11) is 0. The Balaban J connectivity index is 2.87. The number of amides is 1. The normalized spacial score (nSPS) is 9.69. The first kappa shape index (κ1) is 9.51. The van der Waals surface area contributed by atoms with Gasteiger partial charge in [0.25, 0.3) is 0 Å². The van der Waals surface area contributed by atoms with Crippen molar-refractivity contribution in [3.63, 3.8) is 0 Å². The number of nitrogens with two attached hydrogens (primary N) is 1. The summed E-state index contributed by atoms with van der Waals surface area (Å²) < 4.78 is 12.7. The van der Waals surface area contributed by atoms with E-state index in [2.05, 4.69) is 5.32 Å². The summed E-state index contributed by atoms with van der Waals surface area (Å²) in [6.45, 7) is 1.71. The predicted molar refractivity (Wildman–Crippen MR) is 49.7 cm³/mol. The maximum absolute atomic E-state index is 12.7. The molecular weight excluding hydrogens is 171 g/mol. The van der Waals surface area contributed by atoms with Crippen LogP contribution in [0.2, 0.25) is 0 Å². The quantitative estimate of drug-likeness (QED) is 0.684. The lowest BCUT2D eigenvalue weighted by molar-refractivity contribution is -0.115. The summed E-state index contributed by atoms with van der Waals surface area (Å²) >= 11 is 0. The minimum Gasteiger partial charge on any atom is -0.397 e. The van der Waals surface area contributed by atoms with Gasteiger partial charge in [0.1, 0.15) is 5.82 Å². The minimum atomic E-state index is -0.416. The van der Waals surface area contributed by atoms with E-state index in [0.29, 0.717) is 17.8 Å². The third-order valence-electron chi connectivity index (χ3n) is 1.61. The molecule has 0 fully saturated rings. The summed E-state index contributed by atoms with van der Waals surface area (Å²) in [5.41, 5.74) is 6.20. The molecule has 70 valence electrons. The number of halogens is 1. The standard InChI is InChI=1S/C9H11FN2O/c1-2-9(13)12-8-5-6(10)3-4-7(8)11/h3-5H,2,11H2,1H3,(H,12,13). The Kier molecular flexibility index (Phi) is 2.84. The van der Waals surface area contributed by atoms with Gasteiger partial charge in [0.05, 0.1) is 11.4 Å². The lowest BCUT2D eigenvalue weighted by Gasteiger charge is -2.06. The zero-order valence-corrected chi connectivity index (χ0v) is 7.30. The highest BCUT2D eigenvalue weighted by atomic mass is 19.1. The molecular formula is C9H11FN2O. The van der Waals surface area contributed by atoms with Gasteiger partial charge >= 0.3 is 0 Å². The Morgan fingerprint density at radius 3 is 2.92 bits per heavy atom. The molecule has 0 saturated heterocycles. The number of hydrogen-bond acceptors (Lipinski definition) is 2. The second kappa shape index (κ2) is 3.89. The van der Waals surface area contributed by atoms with Gasteiger partial charge in [-0.15, -0.1) is 0 Å². The van der Waals surface area contributed by atoms with E-state index in [1.165, 1.54) is 18.2 Å². The molecule has 0 aliphatic rings. The van der Waals surface area contributed by atoms with E-state index in [4.69, 9.17) is 5.73 Å². The topological polar surface area (TPSA) is 55.1 Å². The summed E-state index contributed by atoms with van der Waals surface area (Å²) in [5, 5.41) is 2.50. The molecule has 1 aromatic rings. The lowest BCUT2D eigenvalue weighted by atomic mass is 10.2. The highest BCUT2D eigenvalue weighted by Crippen LogP contribution is 2.19. The first-order valence-corrected chi connectivity index (χ1v) is 3.98. The van der Waals surface area contributed by atoms with Crippen LogP contribution in [-0.2, 0) is 4.79 Å². The molecule has 0 saturated carbocycles. The molecule has 3 nitrogen and oxygen atoms in total. The number of nitrogens with one attached hydrogen (secondary N) is 1. The van der Waals surface area contributed by atoms with Crippen LogP contribution >= 0.6 is 0 Å². The van der Waals surface area contributed by atoms with Crippen LogP contribution in [0, 0.1) is 5.82 Å². The molecule has 0 aromatic heterocycles. The van der Waals surface area contributed by atoms with E-state index in [1.54, 1.807) is 6.92 Å². The van der Waals surface area contributed by atoms with Gasteiger partial charge in [0, 0.05) is 6.42 Å². The monoisotopic (exact) mass is 182 g/mol. The van der Waals surface area contributed by atoms with Crippen LogP contribution in [-0.4, -0.2) is 5.91 Å². The van der Waals surface area contributed by atoms with Crippen molar-refractivity contribution in [1.82, 2.24) is 0 Å². The molecule has 0 atom stereocenters. The van der Waals surface area contributed by atoms with E-state index >= 15 is 0 Å². The predicted octanol–water partition coefficient (Wildman–Crippen LogP) is 1.76. The molecule has 0 radical (unpaired) electrons. The van der Waals surface area contributed by atoms with Crippen molar-refractivity contribution in [1.29, 1.82) is 0 Å². The van der Waals surface area contributed by atoms with E-state index < -0.39 is 5.82 Å². The number of anilines is 2. The van der Waals surface area contributed by atoms with Crippen LogP contribution in [0.1, 0.15) is 13.3 Å². The summed E-state index contributed by atoms with van der Waals surface area (Å²) in [4.78, 5) is 11.0. The van der Waals surface area contributed by atoms with Crippen LogP contribution in [0.3, 0.4) is 0 Å². The maximum Gasteiger partial charge on any atom is 0.224 e. The molecule has 0 heterocycles. The van der Waals surface area contributed by atoms with Crippen LogP contribution in [0.25, 0.3) is 0 Å². The number of carbonyl (C=O) groups is 1. The Morgan fingerprint density at radius 1 is 1.62 bits per heavy atom. The third kappa shape index (κ3) is 2.43. The average Bonchev–Trinajstić information content (AvgIpc) is 2.11. The molecule has 0 aliphatic heterocycles. The summed E-state index contributed by atoms with van der Waals surface area (Å²) in [6.07, 6.45) is 0.343. The highest BCUT2D eigenvalue weighted by Gasteiger charge is 2.03. The number of hydrogen-bond donors (Lipinski definition) is 2. The molecule has 13 heavy (non-hydrogen) atoms. The molecule has 0 spiro atoms. The van der Waals surface area contributed by atoms with E-state index in [1.807, 2.05) is 0 Å². The van der Waals surface area contributed by atoms with Crippen molar-refractivity contribution in [2.45, 2.75) is 13.3 Å². The van der Waals surface area contributed by atoms with Gasteiger partial charge in [-0.1, -0.05) is 6.92 Å². The Bertz CT molecular complexity index is 325. The van der Waals surface area contributed by atoms with E-state index in [0.717, 1.165) is 0 Å². The SMILES string of the molecule is CCC(=O)Nc1cc(F)ccc1N. The molecule has 3 N–H and O–H groups in total. The van der Waals surface area contributed by atoms with Crippen LogP contribution in [0.4, 0.5) is 15.8 Å². The number of rotatable bonds is 2. The maximum atomic E-state index is 12.7. The summed E-state index contributed by atoms with van der Waals surface area (Å²) in [5.74, 6) is -0.599. The van der Waals surface area contributed by atoms with Gasteiger partial charge in [-0.05, 0) is 18.2 Å². The Morgan fingerprint density at radius 2 is 2.31 bits per heavy atom. The van der Waals surface area contributed by atoms with Crippen molar-refractivity contribution in [3.8, 4) is 0 Å². The van der Waals surface area contributed by atoms with Crippen molar-refractivity contribution in [2.24, 2.45) is 0 Å². The third-order valence-corrected chi connectivity index (χ3v) is 1.61. The smallest absolute Gasteiger partial charge is 0.224 e. The molecule has 1 amide bonds. The largest absolute Gasteiger partial charge is 0.397 e. The van der Waals surface area contributed by atoms with Gasteiger partial charge in [-0.25, -0.2) is 4.39 Å². The fourth-order valence-electron chi connectivity index (χ4n) is 0.875. The van der Waals surface area contributed by atoms with Gasteiger partial charge in [-0.2, -0.15) is 0 Å². The van der Waals surface area contributed by atoms with Crippen LogP contribution < -0.4 is 11.1 Å². The summed E-state index contributed by atoms with van der Waals surface area (Å²) in [6, 6.07) is 3.86. The second-order valence-corrected chi connectivity index (χ2v) is 2.63. The van der Waals surface area contributed by atoms with Gasteiger partial charge in [0.2, 0.25) is 5.91 Å². The minimum absolute atomic E-state index is 0.183. The second-order valence-electron chi connectivity index (χ2n) is 2.63. The van der Waals surface area contributed by atoms with Crippen molar-refractivity contribution in [2.75, 3.05) is 11.1 Å². The van der Waals surface area contributed by atoms with Crippen molar-refractivity contribution in [3.05, 3.63) is 24.0 Å². The Labute approximate surface area is 75.7 Å². The van der Waals surface area contributed by atoms with Crippen LogP contribution in [0.15, 0.2) is 18.2 Å². The average molecular weight is 182 g/mol. The molecule has 4 heteroatoms. The zero-order chi connectivity index (χ0) is 9.84. The van der Waals surface area contributed by atoms with Gasteiger partial charge in [-0.3, -0.25) is 4.79 Å². The number of benzene rings is 1. The number of carbonyl (C=O) groups excluding carboxylic acids is 1. The first-order valence-electron chi connectivity index (χ1n) is 3.98. The van der Waals surface area contributed by atoms with Gasteiger partial charge in [0.15, 0.2) is 0 Å². The number of nitrogen functional groups attached to an aromatic ring is 1. The van der Waals surface area contributed by atoms with Crippen LogP contribution in [0.5, 0.6) is 0 Å². The Hall–Kier alpha value is -1.58. The highest BCUT2D eigenvalue weighted by molar-refractivity contribution is 5.93. The van der Waals surface area contributed by atoms with E-state index in [9.17, 15) is 9.18 Å². The van der Waals surface area contributed by atoms with E-state index in [-0.39, 0.29) is 5.91 Å². The zero-order valence-electron chi connectivity index (χ0n) is 7.30. The van der Waals surface area contributed by atoms with Gasteiger partial charge < -0.3 is 11.1 Å². The molecule has 1 rings (SSSR count).